The minimum atomic E-state index is -1.37. The fourth-order valence-corrected chi connectivity index (χ4v) is 3.04. The van der Waals surface area contributed by atoms with Crippen LogP contribution in [0.2, 0.25) is 0 Å². The molecule has 2 aromatic heterocycles. The quantitative estimate of drug-likeness (QED) is 0.390. The van der Waals surface area contributed by atoms with Crippen LogP contribution in [0.25, 0.3) is 0 Å². The van der Waals surface area contributed by atoms with E-state index >= 15 is 0 Å². The average Bonchev–Trinajstić information content (AvgIpc) is 3.26. The van der Waals surface area contributed by atoms with Gasteiger partial charge in [-0.25, -0.2) is 9.37 Å². The zero-order valence-corrected chi connectivity index (χ0v) is 17.9. The fraction of sp³-hybridized carbons (Fsp3) is 0.174. The van der Waals surface area contributed by atoms with Gasteiger partial charge < -0.3 is 31.3 Å². The highest BCUT2D eigenvalue weighted by Gasteiger charge is 2.28. The van der Waals surface area contributed by atoms with Crippen LogP contribution in [0.3, 0.4) is 0 Å². The van der Waals surface area contributed by atoms with Gasteiger partial charge in [-0.3, -0.25) is 9.59 Å². The number of carbonyl (C=O) groups is 2. The van der Waals surface area contributed by atoms with E-state index < -0.39 is 23.2 Å². The van der Waals surface area contributed by atoms with Gasteiger partial charge in [0.05, 0.1) is 18.3 Å². The van der Waals surface area contributed by atoms with Crippen molar-refractivity contribution in [3.63, 3.8) is 0 Å². The van der Waals surface area contributed by atoms with Crippen LogP contribution in [0.15, 0.2) is 71.7 Å². The van der Waals surface area contributed by atoms with Gasteiger partial charge in [0.25, 0.3) is 5.91 Å². The minimum Gasteiger partial charge on any atom is -0.484 e. The second-order valence-electron chi connectivity index (χ2n) is 7.56. The van der Waals surface area contributed by atoms with Gasteiger partial charge in [0.1, 0.15) is 29.6 Å². The maximum absolute atomic E-state index is 14.5. The largest absolute Gasteiger partial charge is 0.484 e. The molecule has 33 heavy (non-hydrogen) atoms. The number of furan rings is 1. The molecule has 2 heterocycles. The van der Waals surface area contributed by atoms with Crippen molar-refractivity contribution in [2.45, 2.75) is 25.5 Å². The van der Waals surface area contributed by atoms with Gasteiger partial charge in [-0.2, -0.15) is 0 Å². The van der Waals surface area contributed by atoms with E-state index in [1.165, 1.54) is 31.3 Å². The lowest BCUT2D eigenvalue weighted by atomic mass is 9.88. The van der Waals surface area contributed by atoms with Crippen molar-refractivity contribution in [1.82, 2.24) is 10.3 Å². The fourth-order valence-electron chi connectivity index (χ4n) is 3.04. The summed E-state index contributed by atoms with van der Waals surface area (Å²) in [6.07, 6.45) is 2.71. The molecule has 9 nitrogen and oxygen atoms in total. The second kappa shape index (κ2) is 9.96. The Bertz CT molecular complexity index is 1140. The number of aromatic nitrogens is 1. The van der Waals surface area contributed by atoms with Gasteiger partial charge in [-0.05, 0) is 49.4 Å². The number of pyridine rings is 1. The lowest BCUT2D eigenvalue weighted by molar-refractivity contribution is -0.121. The lowest BCUT2D eigenvalue weighted by Gasteiger charge is -2.25. The third kappa shape index (κ3) is 6.40. The predicted octanol–water partition coefficient (Wildman–Crippen LogP) is 2.76. The standard InChI is InChI=1S/C23H24FN5O4/c1-14(25)28-21(30)11-23(2,26)18-10-15(5-7-19(18)24)29-22(31)20-8-6-16(12-27-20)33-13-17-4-3-9-32-17/h3-10,12H,1,11,13,25-26H2,2H3,(H,28,30)(H,29,31). The average molecular weight is 453 g/mol. The van der Waals surface area contributed by atoms with Gasteiger partial charge in [0.2, 0.25) is 5.91 Å². The van der Waals surface area contributed by atoms with Gasteiger partial charge in [-0.1, -0.05) is 6.58 Å². The van der Waals surface area contributed by atoms with Crippen LogP contribution < -0.4 is 26.8 Å². The minimum absolute atomic E-state index is 0.0397. The number of carbonyl (C=O) groups excluding carboxylic acids is 2. The van der Waals surface area contributed by atoms with Crippen LogP contribution in [-0.4, -0.2) is 16.8 Å². The zero-order valence-electron chi connectivity index (χ0n) is 17.9. The Morgan fingerprint density at radius 1 is 1.27 bits per heavy atom. The molecular weight excluding hydrogens is 429 g/mol. The molecule has 1 aromatic carbocycles. The summed E-state index contributed by atoms with van der Waals surface area (Å²) in [6, 6.07) is 10.5. The number of rotatable bonds is 9. The third-order valence-electron chi connectivity index (χ3n) is 4.60. The number of nitrogens with one attached hydrogen (secondary N) is 2. The molecule has 3 aromatic rings. The number of ether oxygens (including phenoxy) is 1. The normalized spacial score (nSPS) is 12.5. The Labute approximate surface area is 189 Å². The highest BCUT2D eigenvalue weighted by molar-refractivity contribution is 6.02. The number of anilines is 1. The van der Waals surface area contributed by atoms with E-state index in [-0.39, 0.29) is 35.8 Å². The molecule has 10 heteroatoms. The summed E-state index contributed by atoms with van der Waals surface area (Å²) in [5, 5.41) is 4.97. The first-order valence-electron chi connectivity index (χ1n) is 9.90. The van der Waals surface area contributed by atoms with E-state index in [1.807, 2.05) is 0 Å². The zero-order chi connectivity index (χ0) is 24.0. The molecule has 1 atom stereocenters. The second-order valence-corrected chi connectivity index (χ2v) is 7.56. The highest BCUT2D eigenvalue weighted by atomic mass is 19.1. The van der Waals surface area contributed by atoms with Crippen molar-refractivity contribution < 1.29 is 23.1 Å². The lowest BCUT2D eigenvalue weighted by Crippen LogP contribution is -2.40. The first-order valence-corrected chi connectivity index (χ1v) is 9.90. The van der Waals surface area contributed by atoms with E-state index in [0.717, 1.165) is 6.07 Å². The molecule has 0 spiro atoms. The van der Waals surface area contributed by atoms with Crippen LogP contribution in [0.1, 0.15) is 35.2 Å². The summed E-state index contributed by atoms with van der Waals surface area (Å²) in [6.45, 7) is 5.11. The van der Waals surface area contributed by atoms with Crippen molar-refractivity contribution in [3.05, 3.63) is 90.2 Å². The van der Waals surface area contributed by atoms with E-state index in [0.29, 0.717) is 11.5 Å². The predicted molar refractivity (Wildman–Crippen MR) is 119 cm³/mol. The number of halogens is 1. The van der Waals surface area contributed by atoms with Crippen LogP contribution in [0, 0.1) is 5.82 Å². The topological polar surface area (TPSA) is 146 Å². The summed E-state index contributed by atoms with van der Waals surface area (Å²) in [4.78, 5) is 28.7. The van der Waals surface area contributed by atoms with Crippen molar-refractivity contribution in [2.24, 2.45) is 11.5 Å². The number of benzene rings is 1. The molecule has 3 rings (SSSR count). The molecule has 0 saturated heterocycles. The SMILES string of the molecule is C=C(N)NC(=O)CC(C)(N)c1cc(NC(=O)c2ccc(OCc3ccco3)cn2)ccc1F. The van der Waals surface area contributed by atoms with Crippen molar-refractivity contribution >= 4 is 17.5 Å². The Hall–Kier alpha value is -4.18. The Morgan fingerprint density at radius 2 is 2.06 bits per heavy atom. The van der Waals surface area contributed by atoms with Crippen molar-refractivity contribution in [3.8, 4) is 5.75 Å². The number of amides is 2. The van der Waals surface area contributed by atoms with E-state index in [9.17, 15) is 14.0 Å². The molecule has 0 fully saturated rings. The number of nitrogens with two attached hydrogens (primary N) is 2. The van der Waals surface area contributed by atoms with Gasteiger partial charge in [-0.15, -0.1) is 0 Å². The smallest absolute Gasteiger partial charge is 0.274 e. The number of nitrogens with zero attached hydrogens (tertiary/aromatic N) is 1. The van der Waals surface area contributed by atoms with E-state index in [1.54, 1.807) is 24.5 Å². The maximum atomic E-state index is 14.5. The Morgan fingerprint density at radius 3 is 2.70 bits per heavy atom. The molecular formula is C23H24FN5O4. The van der Waals surface area contributed by atoms with Crippen LogP contribution >= 0.6 is 0 Å². The number of hydrogen-bond acceptors (Lipinski definition) is 7. The molecule has 0 aliphatic rings. The molecule has 0 aliphatic heterocycles. The van der Waals surface area contributed by atoms with Crippen LogP contribution in [0.5, 0.6) is 5.75 Å². The Balaban J connectivity index is 1.67. The summed E-state index contributed by atoms with van der Waals surface area (Å²) in [5.41, 5.74) is 10.6. The monoisotopic (exact) mass is 453 g/mol. The molecule has 0 saturated carbocycles. The van der Waals surface area contributed by atoms with Gasteiger partial charge in [0.15, 0.2) is 0 Å². The van der Waals surface area contributed by atoms with Gasteiger partial charge >= 0.3 is 0 Å². The maximum Gasteiger partial charge on any atom is 0.274 e. The van der Waals surface area contributed by atoms with Gasteiger partial charge in [0, 0.05) is 23.2 Å². The molecule has 0 radical (unpaired) electrons. The molecule has 6 N–H and O–H groups in total. The first kappa shape index (κ1) is 23.5. The van der Waals surface area contributed by atoms with E-state index in [4.69, 9.17) is 20.6 Å². The van der Waals surface area contributed by atoms with Crippen LogP contribution in [0.4, 0.5) is 10.1 Å². The third-order valence-corrected chi connectivity index (χ3v) is 4.60. The molecule has 0 aliphatic carbocycles. The molecule has 1 unspecified atom stereocenters. The molecule has 172 valence electrons. The highest BCUT2D eigenvalue weighted by Crippen LogP contribution is 2.27. The Kier molecular flexibility index (Phi) is 7.09. The molecule has 0 bridgehead atoms. The first-order chi connectivity index (χ1) is 15.6. The summed E-state index contributed by atoms with van der Waals surface area (Å²) >= 11 is 0. The number of hydrogen-bond donors (Lipinski definition) is 4. The summed E-state index contributed by atoms with van der Waals surface area (Å²) in [7, 11) is 0. The summed E-state index contributed by atoms with van der Waals surface area (Å²) < 4.78 is 25.2. The van der Waals surface area contributed by atoms with Crippen LogP contribution in [-0.2, 0) is 16.9 Å². The summed E-state index contributed by atoms with van der Waals surface area (Å²) in [5.74, 6) is -0.567. The van der Waals surface area contributed by atoms with Crippen molar-refractivity contribution in [1.29, 1.82) is 0 Å². The van der Waals surface area contributed by atoms with E-state index in [2.05, 4.69) is 22.2 Å². The molecule has 2 amide bonds. The van der Waals surface area contributed by atoms with Crippen molar-refractivity contribution in [2.75, 3.05) is 5.32 Å².